The van der Waals surface area contributed by atoms with Crippen LogP contribution in [-0.4, -0.2) is 47.1 Å². The molecular weight excluding hydrogens is 396 g/mol. The number of hydrazone groups is 1. The maximum Gasteiger partial charge on any atom is 0.257 e. The molecule has 3 aromatic rings. The van der Waals surface area contributed by atoms with Gasteiger partial charge in [0.2, 0.25) is 5.91 Å². The molecule has 1 aromatic carbocycles. The summed E-state index contributed by atoms with van der Waals surface area (Å²) in [5, 5.41) is 7.13. The predicted octanol–water partition coefficient (Wildman–Crippen LogP) is 2.90. The predicted molar refractivity (Wildman–Crippen MR) is 114 cm³/mol. The summed E-state index contributed by atoms with van der Waals surface area (Å²) in [4.78, 5) is 26.8. The third-order valence-corrected chi connectivity index (χ3v) is 6.01. The number of para-hydroxylation sites is 1. The van der Waals surface area contributed by atoms with Gasteiger partial charge in [-0.3, -0.25) is 14.5 Å². The van der Waals surface area contributed by atoms with Crippen LogP contribution in [0.4, 0.5) is 0 Å². The van der Waals surface area contributed by atoms with Crippen LogP contribution in [0.2, 0.25) is 0 Å². The SMILES string of the molecule is NC(=O)[C@H]1CCCN(CC(=O)N2N=C(c3cc4ccccc4o3)C[C@H]2c2ccco2)C1. The van der Waals surface area contributed by atoms with E-state index >= 15 is 0 Å². The van der Waals surface area contributed by atoms with Crippen LogP contribution < -0.4 is 5.73 Å². The molecule has 0 aliphatic carbocycles. The molecular formula is C23H24N4O4. The Bertz CT molecular complexity index is 1100. The quantitative estimate of drug-likeness (QED) is 0.683. The van der Waals surface area contributed by atoms with Gasteiger partial charge in [-0.05, 0) is 43.7 Å². The number of hydrogen-bond acceptors (Lipinski definition) is 6. The summed E-state index contributed by atoms with van der Waals surface area (Å²) < 4.78 is 11.6. The van der Waals surface area contributed by atoms with Crippen molar-refractivity contribution in [2.45, 2.75) is 25.3 Å². The molecule has 0 saturated carbocycles. The summed E-state index contributed by atoms with van der Waals surface area (Å²) in [5.74, 6) is 0.668. The lowest BCUT2D eigenvalue weighted by molar-refractivity contribution is -0.136. The Morgan fingerprint density at radius 1 is 1.19 bits per heavy atom. The zero-order valence-electron chi connectivity index (χ0n) is 17.1. The Hall–Kier alpha value is -3.39. The normalized spacial score (nSPS) is 22.1. The maximum atomic E-state index is 13.2. The van der Waals surface area contributed by atoms with E-state index in [0.717, 1.165) is 30.4 Å². The highest BCUT2D eigenvalue weighted by Gasteiger charge is 2.37. The van der Waals surface area contributed by atoms with Crippen LogP contribution in [0.1, 0.15) is 36.8 Å². The molecule has 1 fully saturated rings. The summed E-state index contributed by atoms with van der Waals surface area (Å²) in [6.07, 6.45) is 3.71. The molecule has 31 heavy (non-hydrogen) atoms. The van der Waals surface area contributed by atoms with Gasteiger partial charge in [-0.2, -0.15) is 5.10 Å². The minimum absolute atomic E-state index is 0.141. The first-order chi connectivity index (χ1) is 15.1. The highest BCUT2D eigenvalue weighted by molar-refractivity contribution is 6.03. The fourth-order valence-corrected chi connectivity index (χ4v) is 4.41. The van der Waals surface area contributed by atoms with Gasteiger partial charge in [0.15, 0.2) is 5.76 Å². The number of amides is 2. The first kappa shape index (κ1) is 19.6. The molecule has 160 valence electrons. The Morgan fingerprint density at radius 3 is 2.84 bits per heavy atom. The van der Waals surface area contributed by atoms with E-state index in [4.69, 9.17) is 14.6 Å². The van der Waals surface area contributed by atoms with Crippen LogP contribution in [-0.2, 0) is 9.59 Å². The minimum atomic E-state index is -0.331. The van der Waals surface area contributed by atoms with Gasteiger partial charge in [-0.25, -0.2) is 5.01 Å². The summed E-state index contributed by atoms with van der Waals surface area (Å²) in [6.45, 7) is 1.44. The van der Waals surface area contributed by atoms with Gasteiger partial charge in [-0.1, -0.05) is 18.2 Å². The molecule has 2 atom stereocenters. The van der Waals surface area contributed by atoms with Crippen LogP contribution in [0.25, 0.3) is 11.0 Å². The van der Waals surface area contributed by atoms with Gasteiger partial charge in [0.05, 0.1) is 18.7 Å². The fraction of sp³-hybridized carbons (Fsp3) is 0.348. The summed E-state index contributed by atoms with van der Waals surface area (Å²) in [6, 6.07) is 13.0. The van der Waals surface area contributed by atoms with E-state index in [-0.39, 0.29) is 30.3 Å². The number of nitrogens with two attached hydrogens (primary N) is 1. The molecule has 2 aliphatic rings. The number of furan rings is 2. The van der Waals surface area contributed by atoms with Gasteiger partial charge in [0.1, 0.15) is 23.1 Å². The largest absolute Gasteiger partial charge is 0.467 e. The number of piperidine rings is 1. The zero-order chi connectivity index (χ0) is 21.4. The average molecular weight is 420 g/mol. The first-order valence-electron chi connectivity index (χ1n) is 10.5. The number of primary amides is 1. The number of carbonyl (C=O) groups excluding carboxylic acids is 2. The van der Waals surface area contributed by atoms with Crippen LogP contribution in [0.15, 0.2) is 62.7 Å². The fourth-order valence-electron chi connectivity index (χ4n) is 4.41. The highest BCUT2D eigenvalue weighted by Crippen LogP contribution is 2.34. The molecule has 5 rings (SSSR count). The van der Waals surface area contributed by atoms with Crippen molar-refractivity contribution >= 4 is 28.5 Å². The van der Waals surface area contributed by atoms with E-state index in [1.807, 2.05) is 41.3 Å². The zero-order valence-corrected chi connectivity index (χ0v) is 17.1. The molecule has 0 radical (unpaired) electrons. The van der Waals surface area contributed by atoms with Crippen LogP contribution in [0, 0.1) is 5.92 Å². The van der Waals surface area contributed by atoms with Crippen molar-refractivity contribution in [1.82, 2.24) is 9.91 Å². The van der Waals surface area contributed by atoms with Gasteiger partial charge >= 0.3 is 0 Å². The van der Waals surface area contributed by atoms with Gasteiger partial charge in [0.25, 0.3) is 5.91 Å². The Balaban J connectivity index is 1.39. The molecule has 8 heteroatoms. The van der Waals surface area contributed by atoms with E-state index in [1.165, 1.54) is 5.01 Å². The number of benzene rings is 1. The van der Waals surface area contributed by atoms with Gasteiger partial charge < -0.3 is 14.6 Å². The number of rotatable bonds is 5. The molecule has 2 amide bonds. The number of nitrogens with zero attached hydrogens (tertiary/aromatic N) is 3. The Labute approximate surface area is 179 Å². The monoisotopic (exact) mass is 420 g/mol. The van der Waals surface area contributed by atoms with E-state index < -0.39 is 0 Å². The number of likely N-dealkylation sites (tertiary alicyclic amines) is 1. The van der Waals surface area contributed by atoms with E-state index in [9.17, 15) is 9.59 Å². The van der Waals surface area contributed by atoms with Crippen molar-refractivity contribution in [3.05, 3.63) is 60.2 Å². The molecule has 1 saturated heterocycles. The topological polar surface area (TPSA) is 105 Å². The summed E-state index contributed by atoms with van der Waals surface area (Å²) in [5.41, 5.74) is 6.97. The lowest BCUT2D eigenvalue weighted by Crippen LogP contribution is -2.45. The second kappa shape index (κ2) is 8.03. The molecule has 2 N–H and O–H groups in total. The average Bonchev–Trinajstić information content (AvgIpc) is 3.52. The standard InChI is InChI=1S/C23H24N4O4/c24-23(29)16-6-3-9-26(13-16)14-22(28)27-18(20-8-4-10-30-20)12-17(25-27)21-11-15-5-1-2-7-19(15)31-21/h1-2,4-5,7-8,10-11,16,18H,3,6,9,12-14H2,(H2,24,29)/t16-,18-/m0/s1. The molecule has 0 spiro atoms. The van der Waals surface area contributed by atoms with E-state index in [0.29, 0.717) is 30.2 Å². The van der Waals surface area contributed by atoms with Crippen LogP contribution in [0.5, 0.6) is 0 Å². The molecule has 0 unspecified atom stereocenters. The smallest absolute Gasteiger partial charge is 0.257 e. The molecule has 8 nitrogen and oxygen atoms in total. The molecule has 4 heterocycles. The van der Waals surface area contributed by atoms with Crippen LogP contribution >= 0.6 is 0 Å². The van der Waals surface area contributed by atoms with Crippen molar-refractivity contribution in [3.8, 4) is 0 Å². The second-order valence-corrected chi connectivity index (χ2v) is 8.15. The minimum Gasteiger partial charge on any atom is -0.467 e. The lowest BCUT2D eigenvalue weighted by Gasteiger charge is -2.31. The van der Waals surface area contributed by atoms with Crippen molar-refractivity contribution < 1.29 is 18.4 Å². The first-order valence-corrected chi connectivity index (χ1v) is 10.5. The van der Waals surface area contributed by atoms with Crippen molar-refractivity contribution in [2.75, 3.05) is 19.6 Å². The highest BCUT2D eigenvalue weighted by atomic mass is 16.3. The second-order valence-electron chi connectivity index (χ2n) is 8.15. The van der Waals surface area contributed by atoms with E-state index in [1.54, 1.807) is 12.3 Å². The summed E-state index contributed by atoms with van der Waals surface area (Å²) in [7, 11) is 0. The third-order valence-electron chi connectivity index (χ3n) is 6.01. The number of carbonyl (C=O) groups is 2. The molecule has 0 bridgehead atoms. The molecule has 2 aliphatic heterocycles. The lowest BCUT2D eigenvalue weighted by atomic mass is 9.97. The summed E-state index contributed by atoms with van der Waals surface area (Å²) >= 11 is 0. The van der Waals surface area contributed by atoms with Crippen LogP contribution in [0.3, 0.4) is 0 Å². The molecule has 2 aromatic heterocycles. The maximum absolute atomic E-state index is 13.2. The Morgan fingerprint density at radius 2 is 2.06 bits per heavy atom. The van der Waals surface area contributed by atoms with Gasteiger partial charge in [-0.15, -0.1) is 0 Å². The number of fused-ring (bicyclic) bond motifs is 1. The van der Waals surface area contributed by atoms with Gasteiger partial charge in [0, 0.05) is 18.4 Å². The van der Waals surface area contributed by atoms with Crippen molar-refractivity contribution in [1.29, 1.82) is 0 Å². The Kier molecular flexibility index (Phi) is 5.07. The number of hydrogen-bond donors (Lipinski definition) is 1. The van der Waals surface area contributed by atoms with Crippen molar-refractivity contribution in [3.63, 3.8) is 0 Å². The van der Waals surface area contributed by atoms with Crippen molar-refractivity contribution in [2.24, 2.45) is 16.8 Å². The van der Waals surface area contributed by atoms with E-state index in [2.05, 4.69) is 5.10 Å². The third kappa shape index (κ3) is 3.86.